The molecule has 4 rings (SSSR count). The molecule has 0 radical (unpaired) electrons. The van der Waals surface area contributed by atoms with Crippen molar-refractivity contribution < 1.29 is 18.7 Å². The van der Waals surface area contributed by atoms with E-state index in [4.69, 9.17) is 9.47 Å². The van der Waals surface area contributed by atoms with Crippen LogP contribution >= 0.6 is 0 Å². The van der Waals surface area contributed by atoms with Crippen LogP contribution in [0.1, 0.15) is 53.5 Å². The van der Waals surface area contributed by atoms with Crippen LogP contribution in [-0.4, -0.2) is 17.6 Å². The van der Waals surface area contributed by atoms with Crippen LogP contribution in [0, 0.1) is 5.82 Å². The minimum Gasteiger partial charge on any atom is -0.488 e. The van der Waals surface area contributed by atoms with Gasteiger partial charge in [0, 0.05) is 5.56 Å². The Morgan fingerprint density at radius 3 is 2.55 bits per heavy atom. The lowest BCUT2D eigenvalue weighted by atomic mass is 9.99. The number of esters is 1. The number of ether oxygens (including phenoxy) is 2. The van der Waals surface area contributed by atoms with E-state index in [-0.39, 0.29) is 5.82 Å². The molecule has 1 aliphatic carbocycles. The minimum absolute atomic E-state index is 0.262. The molecular weight excluding hydrogens is 393 g/mol. The number of hydrogen-bond donors (Lipinski definition) is 0. The van der Waals surface area contributed by atoms with Crippen LogP contribution in [0.3, 0.4) is 0 Å². The van der Waals surface area contributed by atoms with Gasteiger partial charge in [0.05, 0.1) is 12.3 Å². The van der Waals surface area contributed by atoms with Gasteiger partial charge in [0.15, 0.2) is 0 Å². The van der Waals surface area contributed by atoms with Crippen LogP contribution in [0.5, 0.6) is 5.75 Å². The number of benzene rings is 2. The molecule has 0 N–H and O–H groups in total. The quantitative estimate of drug-likeness (QED) is 0.438. The van der Waals surface area contributed by atoms with E-state index in [0.29, 0.717) is 18.9 Å². The molecule has 3 aromatic rings. The standard InChI is InChI=1S/C26H24FNO3/c1-2-30-26(29)24-11-6-10-23(28-24)21-9-5-8-20(21)22-7-3-4-12-25(22)31-17-18-13-15-19(27)16-14-18/h3-4,6-7,10-16H,2,5,8-9,17H2,1H3. The van der Waals surface area contributed by atoms with E-state index in [1.165, 1.54) is 17.7 Å². The summed E-state index contributed by atoms with van der Waals surface area (Å²) in [6, 6.07) is 19.7. The number of para-hydroxylation sites is 1. The Bertz CT molecular complexity index is 1110. The summed E-state index contributed by atoms with van der Waals surface area (Å²) in [6.07, 6.45) is 2.82. The molecule has 0 spiro atoms. The van der Waals surface area contributed by atoms with Gasteiger partial charge in [0.1, 0.15) is 23.9 Å². The monoisotopic (exact) mass is 417 g/mol. The van der Waals surface area contributed by atoms with Gasteiger partial charge >= 0.3 is 5.97 Å². The van der Waals surface area contributed by atoms with E-state index in [1.807, 2.05) is 30.3 Å². The van der Waals surface area contributed by atoms with Gasteiger partial charge in [-0.15, -0.1) is 0 Å². The normalized spacial score (nSPS) is 13.4. The summed E-state index contributed by atoms with van der Waals surface area (Å²) in [6.45, 7) is 2.45. The van der Waals surface area contributed by atoms with E-state index in [0.717, 1.165) is 47.4 Å². The third-order valence-corrected chi connectivity index (χ3v) is 5.28. The largest absolute Gasteiger partial charge is 0.488 e. The highest BCUT2D eigenvalue weighted by molar-refractivity contribution is 5.94. The molecule has 0 atom stereocenters. The van der Waals surface area contributed by atoms with Gasteiger partial charge < -0.3 is 9.47 Å². The summed E-state index contributed by atoms with van der Waals surface area (Å²) >= 11 is 0. The van der Waals surface area contributed by atoms with Crippen LogP contribution in [-0.2, 0) is 11.3 Å². The van der Waals surface area contributed by atoms with E-state index in [9.17, 15) is 9.18 Å². The van der Waals surface area contributed by atoms with Crippen LogP contribution in [0.15, 0.2) is 66.7 Å². The summed E-state index contributed by atoms with van der Waals surface area (Å²) in [5.74, 6) is 0.109. The smallest absolute Gasteiger partial charge is 0.356 e. The SMILES string of the molecule is CCOC(=O)c1cccc(C2=C(c3ccccc3OCc3ccc(F)cc3)CCC2)n1. The number of halogens is 1. The Labute approximate surface area is 181 Å². The molecule has 0 unspecified atom stereocenters. The highest BCUT2D eigenvalue weighted by Gasteiger charge is 2.22. The fourth-order valence-corrected chi connectivity index (χ4v) is 3.83. The number of carbonyl (C=O) groups excluding carboxylic acids is 1. The highest BCUT2D eigenvalue weighted by atomic mass is 19.1. The lowest BCUT2D eigenvalue weighted by molar-refractivity contribution is 0.0519. The van der Waals surface area contributed by atoms with Crippen molar-refractivity contribution in [3.05, 3.63) is 95.1 Å². The zero-order chi connectivity index (χ0) is 21.6. The zero-order valence-corrected chi connectivity index (χ0v) is 17.4. The van der Waals surface area contributed by atoms with Crippen molar-refractivity contribution in [1.29, 1.82) is 0 Å². The molecule has 0 aliphatic heterocycles. The number of aromatic nitrogens is 1. The van der Waals surface area contributed by atoms with Gasteiger partial charge in [-0.2, -0.15) is 0 Å². The molecule has 0 fully saturated rings. The number of nitrogens with zero attached hydrogens (tertiary/aromatic N) is 1. The molecule has 4 nitrogen and oxygen atoms in total. The summed E-state index contributed by atoms with van der Waals surface area (Å²) in [5, 5.41) is 0. The third kappa shape index (κ3) is 4.82. The molecule has 1 heterocycles. The van der Waals surface area contributed by atoms with Crippen molar-refractivity contribution in [2.24, 2.45) is 0 Å². The molecule has 1 aliphatic rings. The Morgan fingerprint density at radius 2 is 1.74 bits per heavy atom. The van der Waals surface area contributed by atoms with Crippen molar-refractivity contribution in [2.45, 2.75) is 32.8 Å². The van der Waals surface area contributed by atoms with Crippen molar-refractivity contribution in [3.8, 4) is 5.75 Å². The lowest BCUT2D eigenvalue weighted by Crippen LogP contribution is -2.08. The van der Waals surface area contributed by atoms with Crippen LogP contribution in [0.2, 0.25) is 0 Å². The summed E-state index contributed by atoms with van der Waals surface area (Å²) in [5.41, 5.74) is 5.36. The van der Waals surface area contributed by atoms with Crippen LogP contribution in [0.25, 0.3) is 11.1 Å². The first-order valence-corrected chi connectivity index (χ1v) is 10.5. The van der Waals surface area contributed by atoms with Crippen LogP contribution in [0.4, 0.5) is 4.39 Å². The maximum absolute atomic E-state index is 13.2. The van der Waals surface area contributed by atoms with Gasteiger partial charge in [-0.05, 0) is 73.2 Å². The molecule has 158 valence electrons. The van der Waals surface area contributed by atoms with E-state index < -0.39 is 5.97 Å². The van der Waals surface area contributed by atoms with Crippen molar-refractivity contribution >= 4 is 17.1 Å². The molecule has 1 aromatic heterocycles. The first-order valence-electron chi connectivity index (χ1n) is 10.5. The summed E-state index contributed by atoms with van der Waals surface area (Å²) in [7, 11) is 0. The zero-order valence-electron chi connectivity index (χ0n) is 17.4. The molecule has 31 heavy (non-hydrogen) atoms. The fraction of sp³-hybridized carbons (Fsp3) is 0.231. The lowest BCUT2D eigenvalue weighted by Gasteiger charge is -2.14. The summed E-state index contributed by atoms with van der Waals surface area (Å²) < 4.78 is 24.4. The summed E-state index contributed by atoms with van der Waals surface area (Å²) in [4.78, 5) is 16.7. The van der Waals surface area contributed by atoms with Gasteiger partial charge in [-0.3, -0.25) is 0 Å². The molecule has 0 saturated carbocycles. The number of hydrogen-bond acceptors (Lipinski definition) is 4. The second kappa shape index (κ2) is 9.56. The van der Waals surface area contributed by atoms with E-state index in [1.54, 1.807) is 25.1 Å². The second-order valence-electron chi connectivity index (χ2n) is 7.35. The first kappa shape index (κ1) is 20.8. The molecule has 0 amide bonds. The van der Waals surface area contributed by atoms with E-state index in [2.05, 4.69) is 11.1 Å². The minimum atomic E-state index is -0.410. The third-order valence-electron chi connectivity index (χ3n) is 5.28. The van der Waals surface area contributed by atoms with Gasteiger partial charge in [-0.25, -0.2) is 14.2 Å². The number of rotatable bonds is 7. The molecule has 0 bridgehead atoms. The Hall–Kier alpha value is -3.47. The Kier molecular flexibility index (Phi) is 6.41. The average Bonchev–Trinajstić information content (AvgIpc) is 3.29. The van der Waals surface area contributed by atoms with Crippen molar-refractivity contribution in [3.63, 3.8) is 0 Å². The van der Waals surface area contributed by atoms with Gasteiger partial charge in [-0.1, -0.05) is 36.4 Å². The number of pyridine rings is 1. The number of carbonyl (C=O) groups is 1. The highest BCUT2D eigenvalue weighted by Crippen LogP contribution is 2.42. The topological polar surface area (TPSA) is 48.4 Å². The molecule has 2 aromatic carbocycles. The van der Waals surface area contributed by atoms with Crippen molar-refractivity contribution in [2.75, 3.05) is 6.61 Å². The second-order valence-corrected chi connectivity index (χ2v) is 7.35. The van der Waals surface area contributed by atoms with Crippen molar-refractivity contribution in [1.82, 2.24) is 4.98 Å². The predicted octanol–water partition coefficient (Wildman–Crippen LogP) is 6.07. The van der Waals surface area contributed by atoms with Gasteiger partial charge in [0.2, 0.25) is 0 Å². The fourth-order valence-electron chi connectivity index (χ4n) is 3.83. The molecular formula is C26H24FNO3. The molecule has 5 heteroatoms. The number of allylic oxidation sites excluding steroid dienone is 2. The average molecular weight is 417 g/mol. The van der Waals surface area contributed by atoms with Gasteiger partial charge in [0.25, 0.3) is 0 Å². The Balaban J connectivity index is 1.64. The first-order chi connectivity index (χ1) is 15.2. The van der Waals surface area contributed by atoms with E-state index >= 15 is 0 Å². The Morgan fingerprint density at radius 1 is 0.968 bits per heavy atom. The predicted molar refractivity (Wildman–Crippen MR) is 118 cm³/mol. The maximum Gasteiger partial charge on any atom is 0.356 e. The van der Waals surface area contributed by atoms with Crippen LogP contribution < -0.4 is 4.74 Å². The maximum atomic E-state index is 13.2. The molecule has 0 saturated heterocycles.